The van der Waals surface area contributed by atoms with Crippen LogP contribution >= 0.6 is 0 Å². The molecule has 0 aliphatic heterocycles. The summed E-state index contributed by atoms with van der Waals surface area (Å²) in [5, 5.41) is 0. The Labute approximate surface area is 93.2 Å². The summed E-state index contributed by atoms with van der Waals surface area (Å²) in [7, 11) is 0. The van der Waals surface area contributed by atoms with Gasteiger partial charge in [-0.15, -0.1) is 0 Å². The average molecular weight is 203 g/mol. The van der Waals surface area contributed by atoms with E-state index < -0.39 is 0 Å². The molecule has 0 radical (unpaired) electrons. The molecule has 1 atom stereocenters. The Morgan fingerprint density at radius 3 is 2.13 bits per heavy atom. The van der Waals surface area contributed by atoms with Gasteiger partial charge in [0, 0.05) is 5.71 Å². The van der Waals surface area contributed by atoms with E-state index in [2.05, 4.69) is 58.9 Å². The van der Waals surface area contributed by atoms with Gasteiger partial charge < -0.3 is 0 Å². The van der Waals surface area contributed by atoms with Crippen molar-refractivity contribution in [2.75, 3.05) is 0 Å². The van der Waals surface area contributed by atoms with Crippen LogP contribution < -0.4 is 0 Å². The maximum Gasteiger partial charge on any atom is 0.0523 e. The molecule has 15 heavy (non-hydrogen) atoms. The third-order valence-electron chi connectivity index (χ3n) is 2.83. The number of benzene rings is 1. The van der Waals surface area contributed by atoms with Crippen molar-refractivity contribution < 1.29 is 0 Å². The fraction of sp³-hybridized carbons (Fsp3) is 0.500. The molecule has 0 amide bonds. The van der Waals surface area contributed by atoms with Crippen molar-refractivity contribution >= 4 is 5.71 Å². The van der Waals surface area contributed by atoms with Crippen LogP contribution in [0.25, 0.3) is 0 Å². The lowest BCUT2D eigenvalue weighted by Gasteiger charge is -2.24. The minimum absolute atomic E-state index is 0.232. The Balaban J connectivity index is 2.86. The van der Waals surface area contributed by atoms with Gasteiger partial charge in [-0.1, -0.05) is 51.1 Å². The van der Waals surface area contributed by atoms with Crippen LogP contribution in [-0.2, 0) is 0 Å². The third-order valence-corrected chi connectivity index (χ3v) is 2.83. The van der Waals surface area contributed by atoms with Crippen molar-refractivity contribution in [1.82, 2.24) is 0 Å². The van der Waals surface area contributed by atoms with E-state index >= 15 is 0 Å². The summed E-state index contributed by atoms with van der Waals surface area (Å²) >= 11 is 0. The van der Waals surface area contributed by atoms with Gasteiger partial charge in [0.05, 0.1) is 6.04 Å². The van der Waals surface area contributed by atoms with Crippen molar-refractivity contribution in [3.8, 4) is 0 Å². The highest BCUT2D eigenvalue weighted by Gasteiger charge is 2.19. The van der Waals surface area contributed by atoms with E-state index in [1.807, 2.05) is 6.07 Å². The smallest absolute Gasteiger partial charge is 0.0523 e. The molecule has 1 heteroatoms. The molecule has 0 saturated heterocycles. The Hall–Kier alpha value is -1.11. The summed E-state index contributed by atoms with van der Waals surface area (Å²) in [4.78, 5) is 4.74. The molecule has 0 saturated carbocycles. The highest BCUT2D eigenvalue weighted by molar-refractivity contribution is 5.98. The SMILES string of the molecule is CC(=N[C@@H](C)C(C)(C)C)c1ccccc1. The van der Waals surface area contributed by atoms with E-state index in [1.165, 1.54) is 5.56 Å². The van der Waals surface area contributed by atoms with Crippen molar-refractivity contribution in [3.63, 3.8) is 0 Å². The van der Waals surface area contributed by atoms with Crippen molar-refractivity contribution in [2.24, 2.45) is 10.4 Å². The second-order valence-electron chi connectivity index (χ2n) is 5.12. The summed E-state index contributed by atoms with van der Waals surface area (Å²) in [6.45, 7) is 10.9. The molecule has 0 aliphatic carbocycles. The molecule has 1 aromatic carbocycles. The highest BCUT2D eigenvalue weighted by atomic mass is 14.8. The van der Waals surface area contributed by atoms with Crippen LogP contribution in [-0.4, -0.2) is 11.8 Å². The monoisotopic (exact) mass is 203 g/mol. The Bertz CT molecular complexity index is 330. The van der Waals surface area contributed by atoms with Crippen LogP contribution in [0, 0.1) is 5.41 Å². The molecule has 0 heterocycles. The van der Waals surface area contributed by atoms with Crippen LogP contribution in [0.1, 0.15) is 40.2 Å². The Morgan fingerprint density at radius 1 is 1.13 bits per heavy atom. The number of hydrogen-bond acceptors (Lipinski definition) is 1. The first-order chi connectivity index (χ1) is 6.91. The summed E-state index contributed by atoms with van der Waals surface area (Å²) in [6.07, 6.45) is 0. The van der Waals surface area contributed by atoms with Gasteiger partial charge in [0.2, 0.25) is 0 Å². The van der Waals surface area contributed by atoms with Crippen molar-refractivity contribution in [1.29, 1.82) is 0 Å². The van der Waals surface area contributed by atoms with E-state index in [0.29, 0.717) is 6.04 Å². The lowest BCUT2D eigenvalue weighted by atomic mass is 9.88. The predicted octanol–water partition coefficient (Wildman–Crippen LogP) is 3.93. The summed E-state index contributed by atoms with van der Waals surface area (Å²) in [5.74, 6) is 0. The molecule has 82 valence electrons. The normalized spacial score (nSPS) is 15.1. The molecule has 0 unspecified atom stereocenters. The molecule has 0 N–H and O–H groups in total. The fourth-order valence-electron chi connectivity index (χ4n) is 1.24. The molecule has 0 aliphatic rings. The van der Waals surface area contributed by atoms with Gasteiger partial charge in [-0.3, -0.25) is 4.99 Å². The molecular weight excluding hydrogens is 182 g/mol. The number of rotatable bonds is 2. The first kappa shape index (κ1) is 12.0. The van der Waals surface area contributed by atoms with Crippen LogP contribution in [0.3, 0.4) is 0 Å². The Kier molecular flexibility index (Phi) is 3.67. The summed E-state index contributed by atoms with van der Waals surface area (Å²) in [6, 6.07) is 10.7. The summed E-state index contributed by atoms with van der Waals surface area (Å²) < 4.78 is 0. The van der Waals surface area contributed by atoms with Gasteiger partial charge in [-0.2, -0.15) is 0 Å². The van der Waals surface area contributed by atoms with E-state index in [0.717, 1.165) is 5.71 Å². The second kappa shape index (κ2) is 4.61. The molecular formula is C14H21N. The quantitative estimate of drug-likeness (QED) is 0.646. The molecule has 0 aromatic heterocycles. The van der Waals surface area contributed by atoms with E-state index in [-0.39, 0.29) is 5.41 Å². The van der Waals surface area contributed by atoms with Crippen molar-refractivity contribution in [3.05, 3.63) is 35.9 Å². The lowest BCUT2D eigenvalue weighted by molar-refractivity contribution is 0.342. The molecule has 1 rings (SSSR count). The van der Waals surface area contributed by atoms with Crippen LogP contribution in [0.5, 0.6) is 0 Å². The third kappa shape index (κ3) is 3.50. The molecule has 1 aromatic rings. The first-order valence-electron chi connectivity index (χ1n) is 5.51. The van der Waals surface area contributed by atoms with E-state index in [9.17, 15) is 0 Å². The van der Waals surface area contributed by atoms with Crippen LogP contribution in [0.15, 0.2) is 35.3 Å². The second-order valence-corrected chi connectivity index (χ2v) is 5.12. The van der Waals surface area contributed by atoms with Crippen molar-refractivity contribution in [2.45, 2.75) is 40.7 Å². The number of hydrogen-bond donors (Lipinski definition) is 0. The number of nitrogens with zero attached hydrogens (tertiary/aromatic N) is 1. The fourth-order valence-corrected chi connectivity index (χ4v) is 1.24. The average Bonchev–Trinajstić information content (AvgIpc) is 2.17. The van der Waals surface area contributed by atoms with Gasteiger partial charge in [-0.25, -0.2) is 0 Å². The van der Waals surface area contributed by atoms with Gasteiger partial charge in [0.1, 0.15) is 0 Å². The minimum atomic E-state index is 0.232. The van der Waals surface area contributed by atoms with Crippen LogP contribution in [0.2, 0.25) is 0 Å². The standard InChI is InChI=1S/C14H21N/c1-11(13-9-7-6-8-10-13)15-12(2)14(3,4)5/h6-10,12H,1-5H3/t12-/m0/s1. The van der Waals surface area contributed by atoms with Gasteiger partial charge >= 0.3 is 0 Å². The lowest BCUT2D eigenvalue weighted by Crippen LogP contribution is -2.22. The minimum Gasteiger partial charge on any atom is -0.286 e. The molecule has 0 bridgehead atoms. The predicted molar refractivity (Wildman–Crippen MR) is 67.6 cm³/mol. The first-order valence-corrected chi connectivity index (χ1v) is 5.51. The molecule has 0 spiro atoms. The largest absolute Gasteiger partial charge is 0.286 e. The zero-order chi connectivity index (χ0) is 11.5. The Morgan fingerprint density at radius 2 is 1.67 bits per heavy atom. The summed E-state index contributed by atoms with van der Waals surface area (Å²) in [5.41, 5.74) is 2.57. The molecule has 1 nitrogen and oxygen atoms in total. The number of aliphatic imine (C=N–C) groups is 1. The zero-order valence-electron chi connectivity index (χ0n) is 10.4. The van der Waals surface area contributed by atoms with E-state index in [1.54, 1.807) is 0 Å². The highest BCUT2D eigenvalue weighted by Crippen LogP contribution is 2.22. The van der Waals surface area contributed by atoms with Gasteiger partial charge in [-0.05, 0) is 24.8 Å². The maximum absolute atomic E-state index is 4.74. The zero-order valence-corrected chi connectivity index (χ0v) is 10.4. The van der Waals surface area contributed by atoms with Gasteiger partial charge in [0.15, 0.2) is 0 Å². The topological polar surface area (TPSA) is 12.4 Å². The maximum atomic E-state index is 4.74. The van der Waals surface area contributed by atoms with E-state index in [4.69, 9.17) is 4.99 Å². The van der Waals surface area contributed by atoms with Crippen LogP contribution in [0.4, 0.5) is 0 Å². The van der Waals surface area contributed by atoms with Gasteiger partial charge in [0.25, 0.3) is 0 Å². The molecule has 0 fully saturated rings.